The predicted octanol–water partition coefficient (Wildman–Crippen LogP) is 8.28. The fourth-order valence-corrected chi connectivity index (χ4v) is 5.41. The molecule has 8 aromatic rings. The maximum absolute atomic E-state index is 5.14. The van der Waals surface area contributed by atoms with Gasteiger partial charge in [0.05, 0.1) is 33.5 Å². The van der Waals surface area contributed by atoms with E-state index in [-0.39, 0.29) is 0 Å². The van der Waals surface area contributed by atoms with Gasteiger partial charge >= 0.3 is 0 Å². The van der Waals surface area contributed by atoms with Crippen LogP contribution >= 0.6 is 0 Å². The largest absolute Gasteiger partial charge is 0.256 e. The lowest BCUT2D eigenvalue weighted by Crippen LogP contribution is -1.96. The Balaban J connectivity index is 1.31. The molecule has 4 heterocycles. The fraction of sp³-hybridized carbons (Fsp3) is 0. The number of nitrogens with zero attached hydrogens (tertiary/aromatic N) is 5. The van der Waals surface area contributed by atoms with Crippen LogP contribution in [0.4, 0.5) is 0 Å². The molecule has 0 N–H and O–H groups in total. The molecule has 0 aliphatic heterocycles. The molecular formula is C35H21N5. The van der Waals surface area contributed by atoms with Crippen LogP contribution in [0.2, 0.25) is 0 Å². The van der Waals surface area contributed by atoms with Crippen LogP contribution in [-0.4, -0.2) is 24.9 Å². The van der Waals surface area contributed by atoms with Crippen molar-refractivity contribution < 1.29 is 0 Å². The number of rotatable bonds is 3. The Kier molecular flexibility index (Phi) is 5.07. The van der Waals surface area contributed by atoms with Gasteiger partial charge < -0.3 is 0 Å². The fourth-order valence-electron chi connectivity index (χ4n) is 5.41. The van der Waals surface area contributed by atoms with Crippen molar-refractivity contribution in [1.82, 2.24) is 24.9 Å². The average Bonchev–Trinajstić information content (AvgIpc) is 3.03. The van der Waals surface area contributed by atoms with Crippen LogP contribution in [-0.2, 0) is 0 Å². The molecule has 0 aliphatic rings. The molecule has 0 saturated heterocycles. The van der Waals surface area contributed by atoms with Crippen LogP contribution in [0, 0.1) is 0 Å². The molecule has 4 aromatic heterocycles. The highest BCUT2D eigenvalue weighted by Crippen LogP contribution is 2.34. The zero-order chi connectivity index (χ0) is 26.5. The van der Waals surface area contributed by atoms with Gasteiger partial charge in [-0.25, -0.2) is 15.0 Å². The molecule has 4 aromatic carbocycles. The second-order valence-electron chi connectivity index (χ2n) is 9.78. The normalized spacial score (nSPS) is 11.5. The summed E-state index contributed by atoms with van der Waals surface area (Å²) in [6.45, 7) is 0. The number of hydrogen-bond acceptors (Lipinski definition) is 5. The van der Waals surface area contributed by atoms with Crippen LogP contribution in [0.3, 0.4) is 0 Å². The lowest BCUT2D eigenvalue weighted by molar-refractivity contribution is 1.23. The van der Waals surface area contributed by atoms with Gasteiger partial charge in [-0.1, -0.05) is 84.9 Å². The third-order valence-corrected chi connectivity index (χ3v) is 7.34. The van der Waals surface area contributed by atoms with E-state index in [1.54, 1.807) is 0 Å². The summed E-state index contributed by atoms with van der Waals surface area (Å²) < 4.78 is 0. The average molecular weight is 512 g/mol. The molecule has 5 heteroatoms. The molecule has 40 heavy (non-hydrogen) atoms. The molecule has 0 spiro atoms. The van der Waals surface area contributed by atoms with E-state index in [9.17, 15) is 0 Å². The van der Waals surface area contributed by atoms with Gasteiger partial charge in [-0.3, -0.25) is 9.97 Å². The minimum Gasteiger partial charge on any atom is -0.256 e. The maximum atomic E-state index is 5.14. The van der Waals surface area contributed by atoms with Crippen LogP contribution < -0.4 is 0 Å². The van der Waals surface area contributed by atoms with Crippen molar-refractivity contribution in [2.75, 3.05) is 0 Å². The molecule has 0 aliphatic carbocycles. The molecule has 0 atom stereocenters. The van der Waals surface area contributed by atoms with E-state index in [4.69, 9.17) is 19.9 Å². The number of benzene rings is 4. The van der Waals surface area contributed by atoms with E-state index in [1.165, 1.54) is 0 Å². The summed E-state index contributed by atoms with van der Waals surface area (Å²) >= 11 is 0. The van der Waals surface area contributed by atoms with Gasteiger partial charge in [-0.05, 0) is 30.3 Å². The maximum Gasteiger partial charge on any atom is 0.160 e. The number of aromatic nitrogens is 5. The van der Waals surface area contributed by atoms with E-state index < -0.39 is 0 Å². The Bertz CT molecular complexity index is 2230. The van der Waals surface area contributed by atoms with Crippen molar-refractivity contribution >= 4 is 43.6 Å². The molecule has 0 radical (unpaired) electrons. The van der Waals surface area contributed by atoms with Gasteiger partial charge in [0, 0.05) is 50.6 Å². The van der Waals surface area contributed by atoms with E-state index in [1.807, 2.05) is 48.8 Å². The van der Waals surface area contributed by atoms with Crippen LogP contribution in [0.5, 0.6) is 0 Å². The van der Waals surface area contributed by atoms with E-state index in [2.05, 4.69) is 83.8 Å². The SMILES string of the molecule is c1cc(-c2ccc3ccc4cccnc4c3n2)cc(-c2nc(-c3cccc4cccnc34)c3ccccc3n2)c1. The van der Waals surface area contributed by atoms with Crippen molar-refractivity contribution in [2.24, 2.45) is 0 Å². The zero-order valence-corrected chi connectivity index (χ0v) is 21.4. The second-order valence-corrected chi connectivity index (χ2v) is 9.78. The third-order valence-electron chi connectivity index (χ3n) is 7.34. The Morgan fingerprint density at radius 3 is 2.05 bits per heavy atom. The summed E-state index contributed by atoms with van der Waals surface area (Å²) in [6, 6.07) is 39.1. The number of fused-ring (bicyclic) bond motifs is 5. The van der Waals surface area contributed by atoms with Crippen molar-refractivity contribution in [3.8, 4) is 33.9 Å². The van der Waals surface area contributed by atoms with E-state index >= 15 is 0 Å². The lowest BCUT2D eigenvalue weighted by Gasteiger charge is -2.12. The monoisotopic (exact) mass is 511 g/mol. The summed E-state index contributed by atoms with van der Waals surface area (Å²) in [5.41, 5.74) is 8.29. The van der Waals surface area contributed by atoms with E-state index in [0.717, 1.165) is 71.7 Å². The highest BCUT2D eigenvalue weighted by molar-refractivity contribution is 6.04. The molecule has 0 saturated carbocycles. The van der Waals surface area contributed by atoms with Crippen LogP contribution in [0.25, 0.3) is 77.5 Å². The summed E-state index contributed by atoms with van der Waals surface area (Å²) in [4.78, 5) is 24.5. The zero-order valence-electron chi connectivity index (χ0n) is 21.4. The van der Waals surface area contributed by atoms with Crippen molar-refractivity contribution in [2.45, 2.75) is 0 Å². The predicted molar refractivity (Wildman–Crippen MR) is 162 cm³/mol. The molecule has 5 nitrogen and oxygen atoms in total. The van der Waals surface area contributed by atoms with Crippen molar-refractivity contribution in [3.63, 3.8) is 0 Å². The van der Waals surface area contributed by atoms with Crippen LogP contribution in [0.15, 0.2) is 128 Å². The van der Waals surface area contributed by atoms with Gasteiger partial charge in [0.15, 0.2) is 5.82 Å². The molecule has 186 valence electrons. The highest BCUT2D eigenvalue weighted by Gasteiger charge is 2.15. The third kappa shape index (κ3) is 3.68. The smallest absolute Gasteiger partial charge is 0.160 e. The highest BCUT2D eigenvalue weighted by atomic mass is 14.9. The Morgan fingerprint density at radius 2 is 1.15 bits per heavy atom. The van der Waals surface area contributed by atoms with Gasteiger partial charge in [-0.2, -0.15) is 0 Å². The first-order chi connectivity index (χ1) is 19.8. The molecule has 8 rings (SSSR count). The summed E-state index contributed by atoms with van der Waals surface area (Å²) in [5, 5.41) is 4.22. The van der Waals surface area contributed by atoms with E-state index in [0.29, 0.717) is 5.82 Å². The Labute approximate surface area is 229 Å². The number of para-hydroxylation sites is 2. The lowest BCUT2D eigenvalue weighted by atomic mass is 10.0. The van der Waals surface area contributed by atoms with Gasteiger partial charge in [0.2, 0.25) is 0 Å². The minimum absolute atomic E-state index is 0.663. The second kappa shape index (κ2) is 9.03. The standard InChI is InChI=1S/C35H21N5/c1-2-14-30-27(12-1)34(28-13-4-7-22-10-5-19-36-31(22)28)40-35(39-30)26-9-3-8-25(21-26)29-18-17-24-16-15-23-11-6-20-37-32(23)33(24)38-29/h1-21H. The summed E-state index contributed by atoms with van der Waals surface area (Å²) in [6.07, 6.45) is 3.64. The first kappa shape index (κ1) is 22.4. The van der Waals surface area contributed by atoms with Gasteiger partial charge in [0.1, 0.15) is 0 Å². The first-order valence-electron chi connectivity index (χ1n) is 13.2. The topological polar surface area (TPSA) is 64.5 Å². The van der Waals surface area contributed by atoms with Gasteiger partial charge in [0.25, 0.3) is 0 Å². The molecule has 0 amide bonds. The quantitative estimate of drug-likeness (QED) is 0.223. The molecule has 0 bridgehead atoms. The summed E-state index contributed by atoms with van der Waals surface area (Å²) in [7, 11) is 0. The number of hydrogen-bond donors (Lipinski definition) is 0. The van der Waals surface area contributed by atoms with Gasteiger partial charge in [-0.15, -0.1) is 0 Å². The molecular weight excluding hydrogens is 490 g/mol. The molecule has 0 fully saturated rings. The Hall–Kier alpha value is -5.55. The van der Waals surface area contributed by atoms with Crippen molar-refractivity contribution in [1.29, 1.82) is 0 Å². The minimum atomic E-state index is 0.663. The van der Waals surface area contributed by atoms with Crippen molar-refractivity contribution in [3.05, 3.63) is 128 Å². The first-order valence-corrected chi connectivity index (χ1v) is 13.2. The Morgan fingerprint density at radius 1 is 0.450 bits per heavy atom. The number of pyridine rings is 3. The van der Waals surface area contributed by atoms with Crippen LogP contribution in [0.1, 0.15) is 0 Å². The summed E-state index contributed by atoms with van der Waals surface area (Å²) in [5.74, 6) is 0.663. The molecule has 0 unspecified atom stereocenters.